The third-order valence-electron chi connectivity index (χ3n) is 6.72. The number of nitrogen functional groups attached to an aromatic ring is 1. The molecule has 1 aromatic rings. The Morgan fingerprint density at radius 2 is 2.13 bits per heavy atom. The van der Waals surface area contributed by atoms with Crippen molar-refractivity contribution in [3.63, 3.8) is 0 Å². The van der Waals surface area contributed by atoms with E-state index in [0.29, 0.717) is 43.2 Å². The molecule has 1 aromatic heterocycles. The van der Waals surface area contributed by atoms with Crippen molar-refractivity contribution in [1.29, 1.82) is 0 Å². The van der Waals surface area contributed by atoms with E-state index in [-0.39, 0.29) is 28.2 Å². The first-order valence-electron chi connectivity index (χ1n) is 11.9. The van der Waals surface area contributed by atoms with Gasteiger partial charge < -0.3 is 36.9 Å². The van der Waals surface area contributed by atoms with Crippen LogP contribution in [0.5, 0.6) is 0 Å². The van der Waals surface area contributed by atoms with Crippen molar-refractivity contribution in [3.05, 3.63) is 34.0 Å². The number of nitrogens with zero attached hydrogens (tertiary/aromatic N) is 4. The van der Waals surface area contributed by atoms with E-state index in [1.807, 2.05) is 0 Å². The van der Waals surface area contributed by atoms with Crippen LogP contribution >= 0.6 is 23.1 Å². The first-order valence-corrected chi connectivity index (χ1v) is 13.8. The van der Waals surface area contributed by atoms with Gasteiger partial charge >= 0.3 is 5.97 Å². The molecule has 202 valence electrons. The highest BCUT2D eigenvalue weighted by Crippen LogP contribution is 2.41. The topological polar surface area (TPSA) is 203 Å². The van der Waals surface area contributed by atoms with Gasteiger partial charge in [-0.05, 0) is 18.1 Å². The highest BCUT2D eigenvalue weighted by molar-refractivity contribution is 8.00. The number of carboxylic acids is 1. The van der Waals surface area contributed by atoms with E-state index in [9.17, 15) is 29.5 Å². The smallest absolute Gasteiger partial charge is 0.352 e. The molecular weight excluding hydrogens is 536 g/mol. The second-order valence-electron chi connectivity index (χ2n) is 9.08. The summed E-state index contributed by atoms with van der Waals surface area (Å²) in [7, 11) is 0. The fourth-order valence-electron chi connectivity index (χ4n) is 4.63. The zero-order chi connectivity index (χ0) is 27.0. The molecule has 3 fully saturated rings. The molecule has 5 heterocycles. The number of hydrogen-bond donors (Lipinski definition) is 6. The van der Waals surface area contributed by atoms with Gasteiger partial charge in [0.1, 0.15) is 22.8 Å². The van der Waals surface area contributed by atoms with Gasteiger partial charge in [-0.15, -0.1) is 23.1 Å². The van der Waals surface area contributed by atoms with Gasteiger partial charge in [0.15, 0.2) is 10.8 Å². The second kappa shape index (κ2) is 10.7. The van der Waals surface area contributed by atoms with Crippen LogP contribution in [0.15, 0.2) is 33.5 Å². The summed E-state index contributed by atoms with van der Waals surface area (Å²) in [5, 5.41) is 32.2. The molecule has 0 spiro atoms. The number of carboxylic acid groups (broad SMARTS) is 1. The van der Waals surface area contributed by atoms with Crippen LogP contribution in [0, 0.1) is 0 Å². The van der Waals surface area contributed by atoms with Crippen LogP contribution in [0.4, 0.5) is 5.13 Å². The summed E-state index contributed by atoms with van der Waals surface area (Å²) in [5.41, 5.74) is 5.89. The Morgan fingerprint density at radius 3 is 2.76 bits per heavy atom. The number of likely N-dealkylation sites (tertiary alicyclic amines) is 1. The van der Waals surface area contributed by atoms with Crippen molar-refractivity contribution in [3.8, 4) is 0 Å². The molecule has 2 atom stereocenters. The predicted molar refractivity (Wildman–Crippen MR) is 138 cm³/mol. The van der Waals surface area contributed by atoms with Crippen LogP contribution in [-0.4, -0.2) is 110 Å². The largest absolute Gasteiger partial charge is 0.477 e. The van der Waals surface area contributed by atoms with E-state index in [4.69, 9.17) is 5.73 Å². The minimum absolute atomic E-state index is 0.0542. The number of thiazole rings is 1. The molecular formula is C22H26N8O6S2. The van der Waals surface area contributed by atoms with Crippen molar-refractivity contribution in [2.75, 3.05) is 44.2 Å². The predicted octanol–water partition coefficient (Wildman–Crippen LogP) is -1.64. The number of aliphatic carboxylic acids is 1. The summed E-state index contributed by atoms with van der Waals surface area (Å²) in [6.45, 7) is 3.63. The molecule has 5 rings (SSSR count). The summed E-state index contributed by atoms with van der Waals surface area (Å²) >= 11 is 2.33. The van der Waals surface area contributed by atoms with Gasteiger partial charge in [-0.25, -0.2) is 9.78 Å². The normalized spacial score (nSPS) is 24.9. The van der Waals surface area contributed by atoms with E-state index in [0.717, 1.165) is 29.3 Å². The number of hydrogen-bond acceptors (Lipinski definition) is 12. The van der Waals surface area contributed by atoms with E-state index in [1.54, 1.807) is 11.0 Å². The standard InChI is InChI=1S/C22H26N8O6S2/c23-22-26-13(9-38-22)14(28-36)17(31)27-15-19(33)30-16(21(34)35)11(8-37-20(15)30)5-10-1-3-29(18(10)32)4-2-25-12-6-24-7-12/h5,9,12,15,20,24-25,36H,1-4,6-8H2,(H2,23,26)(H,27,31)(H,34,35)/b10-5?,28-14-/t15-,20-/m1/s1. The van der Waals surface area contributed by atoms with Gasteiger partial charge in [-0.3, -0.25) is 19.3 Å². The van der Waals surface area contributed by atoms with Gasteiger partial charge in [-0.2, -0.15) is 0 Å². The van der Waals surface area contributed by atoms with Crippen molar-refractivity contribution in [2.24, 2.45) is 5.16 Å². The molecule has 4 aliphatic heterocycles. The maximum atomic E-state index is 13.0. The Labute approximate surface area is 225 Å². The van der Waals surface area contributed by atoms with Crippen molar-refractivity contribution >= 4 is 57.6 Å². The summed E-state index contributed by atoms with van der Waals surface area (Å²) in [4.78, 5) is 57.5. The lowest BCUT2D eigenvalue weighted by atomic mass is 10.0. The third-order valence-corrected chi connectivity index (χ3v) is 8.70. The molecule has 3 amide bonds. The van der Waals surface area contributed by atoms with E-state index >= 15 is 0 Å². The van der Waals surface area contributed by atoms with E-state index in [1.165, 1.54) is 17.1 Å². The average molecular weight is 563 g/mol. The molecule has 0 unspecified atom stereocenters. The molecule has 0 bridgehead atoms. The summed E-state index contributed by atoms with van der Waals surface area (Å²) in [5.74, 6) is -2.66. The van der Waals surface area contributed by atoms with Crippen molar-refractivity contribution in [1.82, 2.24) is 30.7 Å². The minimum Gasteiger partial charge on any atom is -0.477 e. The molecule has 0 radical (unpaired) electrons. The molecule has 3 saturated heterocycles. The molecule has 0 saturated carbocycles. The molecule has 4 aliphatic rings. The SMILES string of the molecule is Nc1nc(/C(=N/O)C(=O)N[C@@H]2C(=O)N3C(C(=O)O)=C(C=C4CCN(CCNC5CNC5)C4=O)CS[C@H]23)cs1. The second-order valence-corrected chi connectivity index (χ2v) is 11.1. The maximum Gasteiger partial charge on any atom is 0.352 e. The molecule has 38 heavy (non-hydrogen) atoms. The number of allylic oxidation sites excluding steroid dienone is 1. The molecule has 16 heteroatoms. The lowest BCUT2D eigenvalue weighted by Gasteiger charge is -2.49. The zero-order valence-corrected chi connectivity index (χ0v) is 21.7. The summed E-state index contributed by atoms with van der Waals surface area (Å²) in [6.07, 6.45) is 2.08. The molecule has 0 aliphatic carbocycles. The number of anilines is 1. The molecule has 7 N–H and O–H groups in total. The first-order chi connectivity index (χ1) is 18.3. The van der Waals surface area contributed by atoms with E-state index in [2.05, 4.69) is 26.1 Å². The number of rotatable bonds is 9. The number of oxime groups is 1. The van der Waals surface area contributed by atoms with E-state index < -0.39 is 34.9 Å². The fraction of sp³-hybridized carbons (Fsp3) is 0.455. The van der Waals surface area contributed by atoms with Gasteiger partial charge in [0.05, 0.1) is 0 Å². The van der Waals surface area contributed by atoms with Crippen LogP contribution in [0.1, 0.15) is 12.1 Å². The third kappa shape index (κ3) is 4.87. The number of β-lactam (4-membered cyclic amide) rings is 1. The fourth-order valence-corrected chi connectivity index (χ4v) is 6.49. The Bertz CT molecular complexity index is 1270. The van der Waals surface area contributed by atoms with Crippen LogP contribution < -0.4 is 21.7 Å². The van der Waals surface area contributed by atoms with Gasteiger partial charge in [0, 0.05) is 55.5 Å². The summed E-state index contributed by atoms with van der Waals surface area (Å²) < 4.78 is 0. The Balaban J connectivity index is 1.26. The van der Waals surface area contributed by atoms with Gasteiger partial charge in [-0.1, -0.05) is 5.16 Å². The number of aromatic nitrogens is 1. The highest BCUT2D eigenvalue weighted by Gasteiger charge is 2.54. The highest BCUT2D eigenvalue weighted by atomic mass is 32.2. The Hall–Kier alpha value is -3.47. The van der Waals surface area contributed by atoms with Crippen LogP contribution in [0.25, 0.3) is 0 Å². The van der Waals surface area contributed by atoms with Crippen molar-refractivity contribution < 1.29 is 29.5 Å². The Morgan fingerprint density at radius 1 is 1.34 bits per heavy atom. The monoisotopic (exact) mass is 562 g/mol. The average Bonchev–Trinajstić information content (AvgIpc) is 3.44. The number of thioether (sulfide) groups is 1. The lowest BCUT2D eigenvalue weighted by molar-refractivity contribution is -0.150. The van der Waals surface area contributed by atoms with Crippen LogP contribution in [0.3, 0.4) is 0 Å². The van der Waals surface area contributed by atoms with Gasteiger partial charge in [0.25, 0.3) is 11.8 Å². The van der Waals surface area contributed by atoms with Gasteiger partial charge in [0.2, 0.25) is 5.91 Å². The number of nitrogens with two attached hydrogens (primary N) is 1. The quantitative estimate of drug-likeness (QED) is 0.0662. The number of amides is 3. The summed E-state index contributed by atoms with van der Waals surface area (Å²) in [6, 6.07) is -0.597. The number of carbonyl (C=O) groups is 4. The minimum atomic E-state index is -1.29. The Kier molecular flexibility index (Phi) is 7.38. The maximum absolute atomic E-state index is 13.0. The van der Waals surface area contributed by atoms with Crippen molar-refractivity contribution in [2.45, 2.75) is 23.9 Å². The number of fused-ring (bicyclic) bond motifs is 1. The van der Waals surface area contributed by atoms with Crippen LogP contribution in [0.2, 0.25) is 0 Å². The van der Waals surface area contributed by atoms with Crippen LogP contribution in [-0.2, 0) is 19.2 Å². The number of carbonyl (C=O) groups excluding carboxylic acids is 3. The number of nitrogens with one attached hydrogen (secondary N) is 3. The lowest BCUT2D eigenvalue weighted by Crippen LogP contribution is -2.71. The zero-order valence-electron chi connectivity index (χ0n) is 20.0. The molecule has 0 aromatic carbocycles. The first kappa shape index (κ1) is 26.1. The molecule has 14 nitrogen and oxygen atoms in total.